The summed E-state index contributed by atoms with van der Waals surface area (Å²) < 4.78 is 5.38. The maximum atomic E-state index is 10.1. The van der Waals surface area contributed by atoms with Gasteiger partial charge < -0.3 is 15.6 Å². The Hall–Kier alpha value is -1.58. The van der Waals surface area contributed by atoms with Crippen LogP contribution in [-0.2, 0) is 0 Å². The van der Waals surface area contributed by atoms with E-state index in [1.807, 2.05) is 36.4 Å². The van der Waals surface area contributed by atoms with Gasteiger partial charge in [0, 0.05) is 5.56 Å². The average molecular weight is 245 g/mol. The van der Waals surface area contributed by atoms with Gasteiger partial charge in [-0.2, -0.15) is 0 Å². The van der Waals surface area contributed by atoms with E-state index >= 15 is 0 Å². The van der Waals surface area contributed by atoms with Gasteiger partial charge in [0.15, 0.2) is 0 Å². The van der Waals surface area contributed by atoms with Crippen LogP contribution in [0.3, 0.4) is 0 Å². The topological polar surface area (TPSA) is 55.5 Å². The summed E-state index contributed by atoms with van der Waals surface area (Å²) in [5.74, 6) is 0.711. The van der Waals surface area contributed by atoms with Crippen molar-refractivity contribution >= 4 is 10.8 Å². The molecule has 18 heavy (non-hydrogen) atoms. The van der Waals surface area contributed by atoms with E-state index in [0.717, 1.165) is 16.3 Å². The van der Waals surface area contributed by atoms with E-state index in [2.05, 4.69) is 0 Å². The van der Waals surface area contributed by atoms with Gasteiger partial charge in [0.1, 0.15) is 5.75 Å². The molecule has 0 aromatic heterocycles. The number of ether oxygens (including phenoxy) is 1. The molecule has 0 radical (unpaired) electrons. The van der Waals surface area contributed by atoms with E-state index in [1.165, 1.54) is 0 Å². The summed E-state index contributed by atoms with van der Waals surface area (Å²) in [5.41, 5.74) is 6.03. The summed E-state index contributed by atoms with van der Waals surface area (Å²) in [7, 11) is 1.62. The third kappa shape index (κ3) is 2.19. The lowest BCUT2D eigenvalue weighted by molar-refractivity contribution is 0.0513. The number of methoxy groups -OCH3 is 1. The van der Waals surface area contributed by atoms with Crippen LogP contribution in [0.15, 0.2) is 36.4 Å². The maximum absolute atomic E-state index is 10.1. The molecule has 0 saturated heterocycles. The molecule has 2 rings (SSSR count). The normalized spacial score (nSPS) is 13.6. The van der Waals surface area contributed by atoms with Crippen LogP contribution in [0.1, 0.15) is 25.5 Å². The smallest absolute Gasteiger partial charge is 0.124 e. The zero-order valence-electron chi connectivity index (χ0n) is 11.0. The quantitative estimate of drug-likeness (QED) is 0.874. The van der Waals surface area contributed by atoms with Crippen molar-refractivity contribution < 1.29 is 9.84 Å². The minimum absolute atomic E-state index is 0.501. The molecule has 0 heterocycles. The molecule has 3 heteroatoms. The van der Waals surface area contributed by atoms with Crippen LogP contribution in [-0.4, -0.2) is 17.8 Å². The molecule has 2 aromatic carbocycles. The van der Waals surface area contributed by atoms with Crippen LogP contribution in [0.25, 0.3) is 10.8 Å². The summed E-state index contributed by atoms with van der Waals surface area (Å²) in [6.07, 6.45) is 0. The van der Waals surface area contributed by atoms with Crippen molar-refractivity contribution in [2.75, 3.05) is 7.11 Å². The molecule has 0 aliphatic carbocycles. The lowest BCUT2D eigenvalue weighted by Crippen LogP contribution is -2.35. The lowest BCUT2D eigenvalue weighted by Gasteiger charge is -2.28. The average Bonchev–Trinajstić information content (AvgIpc) is 2.35. The van der Waals surface area contributed by atoms with E-state index in [4.69, 9.17) is 10.5 Å². The highest BCUT2D eigenvalue weighted by Gasteiger charge is 2.28. The van der Waals surface area contributed by atoms with Gasteiger partial charge in [-0.15, -0.1) is 0 Å². The zero-order chi connectivity index (χ0) is 13.3. The summed E-state index contributed by atoms with van der Waals surface area (Å²) in [6, 6.07) is 11.3. The molecule has 0 aliphatic heterocycles. The van der Waals surface area contributed by atoms with Gasteiger partial charge in [0.25, 0.3) is 0 Å². The number of hydrogen-bond acceptors (Lipinski definition) is 3. The summed E-state index contributed by atoms with van der Waals surface area (Å²) in [5, 5.41) is 12.2. The molecule has 3 N–H and O–H groups in total. The van der Waals surface area contributed by atoms with E-state index in [9.17, 15) is 5.11 Å². The van der Waals surface area contributed by atoms with Crippen molar-refractivity contribution in [1.82, 2.24) is 0 Å². The number of rotatable bonds is 3. The molecule has 96 valence electrons. The third-order valence-electron chi connectivity index (χ3n) is 3.22. The van der Waals surface area contributed by atoms with Crippen molar-refractivity contribution in [2.24, 2.45) is 5.73 Å². The van der Waals surface area contributed by atoms with Crippen LogP contribution in [0, 0.1) is 0 Å². The molecule has 0 bridgehead atoms. The molecular weight excluding hydrogens is 226 g/mol. The molecule has 0 amide bonds. The molecule has 0 saturated carbocycles. The number of aliphatic hydroxyl groups is 1. The highest BCUT2D eigenvalue weighted by molar-refractivity contribution is 5.88. The highest BCUT2D eigenvalue weighted by Crippen LogP contribution is 2.36. The van der Waals surface area contributed by atoms with Crippen molar-refractivity contribution in [2.45, 2.75) is 25.5 Å². The van der Waals surface area contributed by atoms with Crippen LogP contribution >= 0.6 is 0 Å². The fourth-order valence-electron chi connectivity index (χ4n) is 2.13. The SMILES string of the molecule is COc1ccc2ccccc2c1C(N)C(C)(C)O. The molecule has 0 spiro atoms. The molecular formula is C15H19NO2. The van der Waals surface area contributed by atoms with Crippen LogP contribution in [0.2, 0.25) is 0 Å². The van der Waals surface area contributed by atoms with Gasteiger partial charge >= 0.3 is 0 Å². The Bertz CT molecular complexity index is 558. The van der Waals surface area contributed by atoms with Crippen molar-refractivity contribution in [3.05, 3.63) is 42.0 Å². The summed E-state index contributed by atoms with van der Waals surface area (Å²) in [6.45, 7) is 3.41. The zero-order valence-corrected chi connectivity index (χ0v) is 11.0. The minimum Gasteiger partial charge on any atom is -0.496 e. The van der Waals surface area contributed by atoms with E-state index < -0.39 is 11.6 Å². The maximum Gasteiger partial charge on any atom is 0.124 e. The van der Waals surface area contributed by atoms with Crippen LogP contribution < -0.4 is 10.5 Å². The first kappa shape index (κ1) is 12.9. The van der Waals surface area contributed by atoms with Crippen molar-refractivity contribution in [3.63, 3.8) is 0 Å². The second-order valence-electron chi connectivity index (χ2n) is 5.03. The monoisotopic (exact) mass is 245 g/mol. The second-order valence-corrected chi connectivity index (χ2v) is 5.03. The van der Waals surface area contributed by atoms with Gasteiger partial charge in [-0.05, 0) is 30.7 Å². The van der Waals surface area contributed by atoms with E-state index in [0.29, 0.717) is 5.75 Å². The van der Waals surface area contributed by atoms with Gasteiger partial charge in [0.2, 0.25) is 0 Å². The van der Waals surface area contributed by atoms with Crippen molar-refractivity contribution in [3.8, 4) is 5.75 Å². The van der Waals surface area contributed by atoms with E-state index in [-0.39, 0.29) is 0 Å². The Morgan fingerprint density at radius 3 is 2.44 bits per heavy atom. The van der Waals surface area contributed by atoms with Gasteiger partial charge in [0.05, 0.1) is 18.8 Å². The Kier molecular flexibility index (Phi) is 3.28. The first-order valence-corrected chi connectivity index (χ1v) is 5.98. The molecule has 1 atom stereocenters. The fourth-order valence-corrected chi connectivity index (χ4v) is 2.13. The minimum atomic E-state index is -1.00. The van der Waals surface area contributed by atoms with Gasteiger partial charge in [-0.1, -0.05) is 30.3 Å². The van der Waals surface area contributed by atoms with Gasteiger partial charge in [-0.3, -0.25) is 0 Å². The highest BCUT2D eigenvalue weighted by atomic mass is 16.5. The molecule has 3 nitrogen and oxygen atoms in total. The number of fused-ring (bicyclic) bond motifs is 1. The Balaban J connectivity index is 2.72. The van der Waals surface area contributed by atoms with Crippen LogP contribution in [0.4, 0.5) is 0 Å². The molecule has 0 aliphatic rings. The Labute approximate surface area is 107 Å². The van der Waals surface area contributed by atoms with Crippen LogP contribution in [0.5, 0.6) is 5.75 Å². The summed E-state index contributed by atoms with van der Waals surface area (Å²) >= 11 is 0. The standard InChI is InChI=1S/C15H19NO2/c1-15(2,17)14(16)13-11-7-5-4-6-10(11)8-9-12(13)18-3/h4-9,14,17H,16H2,1-3H3. The summed E-state index contributed by atoms with van der Waals surface area (Å²) in [4.78, 5) is 0. The molecule has 0 fully saturated rings. The number of benzene rings is 2. The number of nitrogens with two attached hydrogens (primary N) is 1. The molecule has 2 aromatic rings. The van der Waals surface area contributed by atoms with Crippen molar-refractivity contribution in [1.29, 1.82) is 0 Å². The van der Waals surface area contributed by atoms with Gasteiger partial charge in [-0.25, -0.2) is 0 Å². The second kappa shape index (κ2) is 4.59. The first-order valence-electron chi connectivity index (χ1n) is 5.98. The first-order chi connectivity index (χ1) is 8.45. The van der Waals surface area contributed by atoms with E-state index in [1.54, 1.807) is 21.0 Å². The predicted molar refractivity (Wildman–Crippen MR) is 73.7 cm³/mol. The fraction of sp³-hybridized carbons (Fsp3) is 0.333. The molecule has 1 unspecified atom stereocenters. The Morgan fingerprint density at radius 1 is 1.17 bits per heavy atom. The predicted octanol–water partition coefficient (Wildman–Crippen LogP) is 2.62. The third-order valence-corrected chi connectivity index (χ3v) is 3.22. The lowest BCUT2D eigenvalue weighted by atomic mass is 9.88. The number of hydrogen-bond donors (Lipinski definition) is 2. The Morgan fingerprint density at radius 2 is 1.83 bits per heavy atom. The largest absolute Gasteiger partial charge is 0.496 e.